The molecule has 7 aromatic rings. The van der Waals surface area contributed by atoms with Crippen LogP contribution in [0.2, 0.25) is 0 Å². The molecular formula is C38H33N3O. The van der Waals surface area contributed by atoms with Crippen molar-refractivity contribution < 1.29 is 4.74 Å². The van der Waals surface area contributed by atoms with E-state index >= 15 is 0 Å². The average Bonchev–Trinajstić information content (AvgIpc) is 3.53. The van der Waals surface area contributed by atoms with Gasteiger partial charge in [0.1, 0.15) is 17.3 Å². The van der Waals surface area contributed by atoms with Crippen LogP contribution < -0.4 is 4.74 Å². The predicted molar refractivity (Wildman–Crippen MR) is 172 cm³/mol. The number of para-hydroxylation sites is 1. The first kappa shape index (κ1) is 25.8. The van der Waals surface area contributed by atoms with Gasteiger partial charge in [-0.3, -0.25) is 4.57 Å². The van der Waals surface area contributed by atoms with Crippen LogP contribution in [-0.4, -0.2) is 14.1 Å². The third kappa shape index (κ3) is 4.46. The average molecular weight is 548 g/mol. The number of ether oxygens (including phenoxy) is 1. The molecule has 0 aliphatic heterocycles. The molecule has 4 nitrogen and oxygen atoms in total. The Hall–Kier alpha value is -5.09. The number of pyridine rings is 1. The van der Waals surface area contributed by atoms with Crippen LogP contribution in [-0.2, 0) is 5.41 Å². The number of aromatic nitrogens is 3. The molecule has 4 heteroatoms. The monoisotopic (exact) mass is 547 g/mol. The lowest BCUT2D eigenvalue weighted by Crippen LogP contribution is -2.19. The van der Waals surface area contributed by atoms with E-state index in [4.69, 9.17) is 9.72 Å². The Morgan fingerprint density at radius 1 is 0.643 bits per heavy atom. The Bertz CT molecular complexity index is 2060. The Morgan fingerprint density at radius 3 is 2.21 bits per heavy atom. The molecule has 3 heterocycles. The van der Waals surface area contributed by atoms with Crippen LogP contribution >= 0.6 is 0 Å². The summed E-state index contributed by atoms with van der Waals surface area (Å²) >= 11 is 0. The van der Waals surface area contributed by atoms with Crippen molar-refractivity contribution in [3.63, 3.8) is 0 Å². The quantitative estimate of drug-likeness (QED) is 0.208. The molecule has 206 valence electrons. The highest BCUT2D eigenvalue weighted by molar-refractivity contribution is 6.09. The zero-order valence-corrected chi connectivity index (χ0v) is 24.4. The molecule has 0 fully saturated rings. The summed E-state index contributed by atoms with van der Waals surface area (Å²) in [7, 11) is 0. The highest BCUT2D eigenvalue weighted by Gasteiger charge is 2.24. The van der Waals surface area contributed by atoms with Crippen molar-refractivity contribution in [2.24, 2.45) is 0 Å². The van der Waals surface area contributed by atoms with Crippen molar-refractivity contribution >= 4 is 21.8 Å². The molecule has 0 aliphatic carbocycles. The summed E-state index contributed by atoms with van der Waals surface area (Å²) < 4.78 is 10.9. The van der Waals surface area contributed by atoms with E-state index in [2.05, 4.69) is 146 Å². The smallest absolute Gasteiger partial charge is 0.137 e. The van der Waals surface area contributed by atoms with Gasteiger partial charge in [0.2, 0.25) is 0 Å². The molecule has 0 saturated heterocycles. The first-order chi connectivity index (χ1) is 20.4. The predicted octanol–water partition coefficient (Wildman–Crippen LogP) is 9.70. The summed E-state index contributed by atoms with van der Waals surface area (Å²) in [5.41, 5.74) is 8.00. The fourth-order valence-electron chi connectivity index (χ4n) is 6.06. The van der Waals surface area contributed by atoms with Crippen LogP contribution in [0, 0.1) is 13.8 Å². The lowest BCUT2D eigenvalue weighted by molar-refractivity contribution is 0.483. The molecule has 0 N–H and O–H groups in total. The Balaban J connectivity index is 1.33. The molecule has 0 spiro atoms. The fourth-order valence-corrected chi connectivity index (χ4v) is 6.06. The van der Waals surface area contributed by atoms with Crippen molar-refractivity contribution in [3.05, 3.63) is 150 Å². The van der Waals surface area contributed by atoms with Gasteiger partial charge in [0.25, 0.3) is 0 Å². The van der Waals surface area contributed by atoms with Crippen LogP contribution in [0.25, 0.3) is 33.3 Å². The number of hydrogen-bond donors (Lipinski definition) is 0. The molecule has 0 aliphatic rings. The number of hydrogen-bond acceptors (Lipinski definition) is 2. The Kier molecular flexibility index (Phi) is 6.20. The first-order valence-corrected chi connectivity index (χ1v) is 14.4. The SMILES string of the molecule is Cc1cc(C)n(-c2cccc(Oc3ccc4c5ccccc5n(-c5cc(C(C)(C)c6ccccc6)ccn5)c4c3)c2)c1. The molecule has 0 amide bonds. The molecule has 7 rings (SSSR count). The molecule has 0 bridgehead atoms. The largest absolute Gasteiger partial charge is 0.457 e. The molecule has 0 unspecified atom stereocenters. The number of benzene rings is 4. The van der Waals surface area contributed by atoms with Crippen LogP contribution in [0.15, 0.2) is 128 Å². The Labute approximate surface area is 246 Å². The number of nitrogens with zero attached hydrogens (tertiary/aromatic N) is 3. The standard InChI is InChI=1S/C38H33N3O/c1-26-21-27(2)40(25-26)30-13-10-14-31(23-30)42-32-17-18-34-33-15-8-9-16-35(33)41(36(34)24-32)37-22-29(19-20-39-37)38(3,4)28-11-6-5-7-12-28/h5-25H,1-4H3. The minimum atomic E-state index is -0.173. The maximum Gasteiger partial charge on any atom is 0.137 e. The minimum absolute atomic E-state index is 0.173. The summed E-state index contributed by atoms with van der Waals surface area (Å²) in [6.45, 7) is 8.77. The second kappa shape index (κ2) is 10.1. The highest BCUT2D eigenvalue weighted by atomic mass is 16.5. The topological polar surface area (TPSA) is 32.0 Å². The third-order valence-electron chi connectivity index (χ3n) is 8.32. The van der Waals surface area contributed by atoms with Gasteiger partial charge in [0, 0.05) is 52.1 Å². The van der Waals surface area contributed by atoms with E-state index < -0.39 is 0 Å². The van der Waals surface area contributed by atoms with E-state index in [9.17, 15) is 0 Å². The van der Waals surface area contributed by atoms with Crippen LogP contribution in [0.3, 0.4) is 0 Å². The van der Waals surface area contributed by atoms with Gasteiger partial charge in [-0.05, 0) is 79.1 Å². The van der Waals surface area contributed by atoms with E-state index in [1.54, 1.807) is 0 Å². The fraction of sp³-hybridized carbons (Fsp3) is 0.132. The van der Waals surface area contributed by atoms with E-state index in [0.29, 0.717) is 0 Å². The molecule has 3 aromatic heterocycles. The van der Waals surface area contributed by atoms with Gasteiger partial charge < -0.3 is 9.30 Å². The zero-order chi connectivity index (χ0) is 28.8. The van der Waals surface area contributed by atoms with Gasteiger partial charge in [-0.1, -0.05) is 68.4 Å². The number of aryl methyl sites for hydroxylation is 2. The highest BCUT2D eigenvalue weighted by Crippen LogP contribution is 2.37. The maximum absolute atomic E-state index is 6.47. The van der Waals surface area contributed by atoms with Crippen molar-refractivity contribution in [2.45, 2.75) is 33.1 Å². The zero-order valence-electron chi connectivity index (χ0n) is 24.4. The molecule has 0 radical (unpaired) electrons. The van der Waals surface area contributed by atoms with Crippen molar-refractivity contribution in [2.75, 3.05) is 0 Å². The number of rotatable bonds is 6. The molecule has 0 atom stereocenters. The van der Waals surface area contributed by atoms with Crippen LogP contribution in [0.1, 0.15) is 36.2 Å². The normalized spacial score (nSPS) is 11.8. The van der Waals surface area contributed by atoms with E-state index in [-0.39, 0.29) is 5.41 Å². The summed E-state index contributed by atoms with van der Waals surface area (Å²) in [6.07, 6.45) is 4.08. The lowest BCUT2D eigenvalue weighted by atomic mass is 9.78. The first-order valence-electron chi connectivity index (χ1n) is 14.4. The summed E-state index contributed by atoms with van der Waals surface area (Å²) in [4.78, 5) is 4.88. The van der Waals surface area contributed by atoms with Gasteiger partial charge >= 0.3 is 0 Å². The van der Waals surface area contributed by atoms with Gasteiger partial charge in [0.05, 0.1) is 11.0 Å². The Morgan fingerprint density at radius 2 is 1.40 bits per heavy atom. The maximum atomic E-state index is 6.47. The van der Waals surface area contributed by atoms with E-state index in [0.717, 1.165) is 34.0 Å². The molecule has 4 aromatic carbocycles. The van der Waals surface area contributed by atoms with Crippen molar-refractivity contribution in [1.29, 1.82) is 0 Å². The molecule has 42 heavy (non-hydrogen) atoms. The van der Waals surface area contributed by atoms with Crippen LogP contribution in [0.5, 0.6) is 11.5 Å². The van der Waals surface area contributed by atoms with Crippen molar-refractivity contribution in [1.82, 2.24) is 14.1 Å². The van der Waals surface area contributed by atoms with Crippen LogP contribution in [0.4, 0.5) is 0 Å². The number of fused-ring (bicyclic) bond motifs is 3. The second-order valence-corrected chi connectivity index (χ2v) is 11.6. The summed E-state index contributed by atoms with van der Waals surface area (Å²) in [5, 5.41) is 2.36. The van der Waals surface area contributed by atoms with Gasteiger partial charge in [-0.2, -0.15) is 0 Å². The third-order valence-corrected chi connectivity index (χ3v) is 8.32. The molecular weight excluding hydrogens is 514 g/mol. The van der Waals surface area contributed by atoms with Gasteiger partial charge in [-0.15, -0.1) is 0 Å². The minimum Gasteiger partial charge on any atom is -0.457 e. The lowest BCUT2D eigenvalue weighted by Gasteiger charge is -2.26. The summed E-state index contributed by atoms with van der Waals surface area (Å²) in [5.74, 6) is 2.47. The van der Waals surface area contributed by atoms with Gasteiger partial charge in [-0.25, -0.2) is 4.98 Å². The summed E-state index contributed by atoms with van der Waals surface area (Å²) in [6, 6.07) is 40.3. The van der Waals surface area contributed by atoms with E-state index in [1.165, 1.54) is 33.2 Å². The second-order valence-electron chi connectivity index (χ2n) is 11.6. The van der Waals surface area contributed by atoms with E-state index in [1.807, 2.05) is 18.3 Å². The molecule has 0 saturated carbocycles. The van der Waals surface area contributed by atoms with Crippen molar-refractivity contribution in [3.8, 4) is 23.0 Å². The van der Waals surface area contributed by atoms with Gasteiger partial charge in [0.15, 0.2) is 0 Å².